The minimum atomic E-state index is 0.471. The zero-order chi connectivity index (χ0) is 12.4. The number of rotatable bonds is 2. The highest BCUT2D eigenvalue weighted by Gasteiger charge is 2.09. The molecule has 0 amide bonds. The van der Waals surface area contributed by atoms with Crippen molar-refractivity contribution in [3.63, 3.8) is 0 Å². The van der Waals surface area contributed by atoms with Gasteiger partial charge in [0, 0.05) is 28.5 Å². The van der Waals surface area contributed by atoms with Crippen molar-refractivity contribution in [3.8, 4) is 22.8 Å². The maximum atomic E-state index is 5.83. The van der Waals surface area contributed by atoms with Crippen LogP contribution in [0, 0.1) is 0 Å². The van der Waals surface area contributed by atoms with Crippen molar-refractivity contribution in [1.82, 2.24) is 15.1 Å². The van der Waals surface area contributed by atoms with Crippen LogP contribution in [0.25, 0.3) is 22.8 Å². The standard InChI is InChI=1S/C13H8ClN3O/c14-11-3-1-10(2-4-11)13-16-12(17-18-13)9-5-7-15-8-6-9/h1-8H. The summed E-state index contributed by atoms with van der Waals surface area (Å²) < 4.78 is 5.22. The Morgan fingerprint density at radius 3 is 2.33 bits per heavy atom. The molecule has 0 saturated heterocycles. The van der Waals surface area contributed by atoms with Gasteiger partial charge in [-0.1, -0.05) is 16.8 Å². The van der Waals surface area contributed by atoms with Crippen LogP contribution in [0.4, 0.5) is 0 Å². The van der Waals surface area contributed by atoms with Crippen molar-refractivity contribution in [2.24, 2.45) is 0 Å². The Kier molecular flexibility index (Phi) is 2.78. The summed E-state index contributed by atoms with van der Waals surface area (Å²) in [5.74, 6) is 1.01. The highest BCUT2D eigenvalue weighted by molar-refractivity contribution is 6.30. The third-order valence-corrected chi connectivity index (χ3v) is 2.71. The van der Waals surface area contributed by atoms with E-state index in [0.29, 0.717) is 16.7 Å². The van der Waals surface area contributed by atoms with Gasteiger partial charge in [-0.3, -0.25) is 4.98 Å². The average molecular weight is 258 g/mol. The number of halogens is 1. The van der Waals surface area contributed by atoms with Crippen LogP contribution in [0.15, 0.2) is 53.3 Å². The Morgan fingerprint density at radius 2 is 1.61 bits per heavy atom. The maximum absolute atomic E-state index is 5.83. The van der Waals surface area contributed by atoms with E-state index in [1.807, 2.05) is 24.3 Å². The lowest BCUT2D eigenvalue weighted by Gasteiger charge is -1.93. The number of pyridine rings is 1. The van der Waals surface area contributed by atoms with Gasteiger partial charge < -0.3 is 4.52 Å². The number of hydrogen-bond acceptors (Lipinski definition) is 4. The van der Waals surface area contributed by atoms with Crippen molar-refractivity contribution in [2.75, 3.05) is 0 Å². The number of nitrogens with zero attached hydrogens (tertiary/aromatic N) is 3. The fourth-order valence-corrected chi connectivity index (χ4v) is 1.68. The first-order valence-electron chi connectivity index (χ1n) is 5.33. The van der Waals surface area contributed by atoms with E-state index >= 15 is 0 Å². The molecule has 0 aliphatic carbocycles. The molecule has 88 valence electrons. The molecule has 2 heterocycles. The summed E-state index contributed by atoms with van der Waals surface area (Å²) >= 11 is 5.83. The van der Waals surface area contributed by atoms with Gasteiger partial charge >= 0.3 is 0 Å². The smallest absolute Gasteiger partial charge is 0.258 e. The lowest BCUT2D eigenvalue weighted by atomic mass is 10.2. The molecule has 0 spiro atoms. The number of hydrogen-bond donors (Lipinski definition) is 0. The molecule has 0 atom stereocenters. The fraction of sp³-hybridized carbons (Fsp3) is 0. The molecule has 4 nitrogen and oxygen atoms in total. The predicted molar refractivity (Wildman–Crippen MR) is 68.0 cm³/mol. The summed E-state index contributed by atoms with van der Waals surface area (Å²) in [5, 5.41) is 4.61. The fourth-order valence-electron chi connectivity index (χ4n) is 1.55. The molecule has 0 fully saturated rings. The van der Waals surface area contributed by atoms with Crippen LogP contribution in [0.1, 0.15) is 0 Å². The Labute approximate surface area is 108 Å². The summed E-state index contributed by atoms with van der Waals surface area (Å²) in [5.41, 5.74) is 1.71. The first kappa shape index (κ1) is 10.9. The summed E-state index contributed by atoms with van der Waals surface area (Å²) in [6.45, 7) is 0. The summed E-state index contributed by atoms with van der Waals surface area (Å²) in [6.07, 6.45) is 3.38. The normalized spacial score (nSPS) is 10.5. The van der Waals surface area contributed by atoms with Gasteiger partial charge in [0.1, 0.15) is 0 Å². The topological polar surface area (TPSA) is 51.8 Å². The third-order valence-electron chi connectivity index (χ3n) is 2.46. The second-order valence-electron chi connectivity index (χ2n) is 3.67. The van der Waals surface area contributed by atoms with E-state index in [0.717, 1.165) is 11.1 Å². The quantitative estimate of drug-likeness (QED) is 0.706. The van der Waals surface area contributed by atoms with Gasteiger partial charge in [0.05, 0.1) is 0 Å². The Morgan fingerprint density at radius 1 is 0.889 bits per heavy atom. The van der Waals surface area contributed by atoms with Gasteiger partial charge in [-0.15, -0.1) is 0 Å². The van der Waals surface area contributed by atoms with E-state index in [1.54, 1.807) is 24.5 Å². The zero-order valence-electron chi connectivity index (χ0n) is 9.25. The van der Waals surface area contributed by atoms with Crippen molar-refractivity contribution in [3.05, 3.63) is 53.8 Å². The Hall–Kier alpha value is -2.20. The Bertz CT molecular complexity index is 650. The van der Waals surface area contributed by atoms with Crippen LogP contribution < -0.4 is 0 Å². The highest BCUT2D eigenvalue weighted by Crippen LogP contribution is 2.22. The number of aromatic nitrogens is 3. The van der Waals surface area contributed by atoms with Crippen molar-refractivity contribution >= 4 is 11.6 Å². The minimum absolute atomic E-state index is 0.471. The maximum Gasteiger partial charge on any atom is 0.258 e. The van der Waals surface area contributed by atoms with E-state index in [1.165, 1.54) is 0 Å². The molecule has 0 unspecified atom stereocenters. The number of benzene rings is 1. The van der Waals surface area contributed by atoms with E-state index in [9.17, 15) is 0 Å². The van der Waals surface area contributed by atoms with Crippen molar-refractivity contribution in [1.29, 1.82) is 0 Å². The summed E-state index contributed by atoms with van der Waals surface area (Å²) in [4.78, 5) is 8.28. The van der Waals surface area contributed by atoms with Crippen LogP contribution in [0.5, 0.6) is 0 Å². The van der Waals surface area contributed by atoms with E-state index in [2.05, 4.69) is 15.1 Å². The highest BCUT2D eigenvalue weighted by atomic mass is 35.5. The summed E-state index contributed by atoms with van der Waals surface area (Å²) in [7, 11) is 0. The van der Waals surface area contributed by atoms with Crippen LogP contribution in [-0.2, 0) is 0 Å². The largest absolute Gasteiger partial charge is 0.334 e. The van der Waals surface area contributed by atoms with Crippen LogP contribution in [0.3, 0.4) is 0 Å². The van der Waals surface area contributed by atoms with Crippen LogP contribution in [-0.4, -0.2) is 15.1 Å². The second-order valence-corrected chi connectivity index (χ2v) is 4.10. The van der Waals surface area contributed by atoms with E-state index in [-0.39, 0.29) is 0 Å². The molecule has 0 bridgehead atoms. The SMILES string of the molecule is Clc1ccc(-c2nc(-c3ccncc3)no2)cc1. The molecule has 3 rings (SSSR count). The first-order valence-corrected chi connectivity index (χ1v) is 5.71. The molecule has 0 radical (unpaired) electrons. The molecule has 3 aromatic rings. The van der Waals surface area contributed by atoms with Crippen LogP contribution >= 0.6 is 11.6 Å². The van der Waals surface area contributed by atoms with Crippen molar-refractivity contribution in [2.45, 2.75) is 0 Å². The molecule has 5 heteroatoms. The molecule has 2 aromatic heterocycles. The lowest BCUT2D eigenvalue weighted by Crippen LogP contribution is -1.81. The molecule has 0 aliphatic heterocycles. The average Bonchev–Trinajstić information content (AvgIpc) is 2.90. The molecule has 0 saturated carbocycles. The zero-order valence-corrected chi connectivity index (χ0v) is 10.0. The molecule has 18 heavy (non-hydrogen) atoms. The Balaban J connectivity index is 1.97. The van der Waals surface area contributed by atoms with Gasteiger partial charge in [0.25, 0.3) is 5.89 Å². The molecule has 0 N–H and O–H groups in total. The first-order chi connectivity index (χ1) is 8.83. The second kappa shape index (κ2) is 4.58. The monoisotopic (exact) mass is 257 g/mol. The lowest BCUT2D eigenvalue weighted by molar-refractivity contribution is 0.432. The van der Waals surface area contributed by atoms with Gasteiger partial charge in [-0.05, 0) is 36.4 Å². The predicted octanol–water partition coefficient (Wildman–Crippen LogP) is 3.45. The van der Waals surface area contributed by atoms with Crippen molar-refractivity contribution < 1.29 is 4.52 Å². The minimum Gasteiger partial charge on any atom is -0.334 e. The van der Waals surface area contributed by atoms with Gasteiger partial charge in [-0.25, -0.2) is 0 Å². The molecule has 1 aromatic carbocycles. The van der Waals surface area contributed by atoms with Crippen LogP contribution in [0.2, 0.25) is 5.02 Å². The molecule has 0 aliphatic rings. The van der Waals surface area contributed by atoms with Gasteiger partial charge in [0.2, 0.25) is 5.82 Å². The molecular formula is C13H8ClN3O. The summed E-state index contributed by atoms with van der Waals surface area (Å²) in [6, 6.07) is 10.9. The molecular weight excluding hydrogens is 250 g/mol. The van der Waals surface area contributed by atoms with Gasteiger partial charge in [-0.2, -0.15) is 4.98 Å². The van der Waals surface area contributed by atoms with E-state index < -0.39 is 0 Å². The third kappa shape index (κ3) is 2.10. The van der Waals surface area contributed by atoms with E-state index in [4.69, 9.17) is 16.1 Å². The van der Waals surface area contributed by atoms with Gasteiger partial charge in [0.15, 0.2) is 0 Å².